The van der Waals surface area contributed by atoms with Crippen LogP contribution in [-0.4, -0.2) is 18.3 Å². The maximum Gasteiger partial charge on any atom is 0.138 e. The van der Waals surface area contributed by atoms with Crippen molar-refractivity contribution >= 4 is 0 Å². The number of hydrogen-bond donors (Lipinski definition) is 1. The standard InChI is InChI=1S/C13H20O3/c14-9-13(12-7-4-8-15-12)16-10-11-5-2-1-3-6-11/h4,7-8,11,13-14H,1-3,5-6,9-10H2. The molecule has 0 amide bonds. The summed E-state index contributed by atoms with van der Waals surface area (Å²) in [5, 5.41) is 9.24. The van der Waals surface area contributed by atoms with Crippen LogP contribution in [0.4, 0.5) is 0 Å². The quantitative estimate of drug-likeness (QED) is 0.836. The minimum atomic E-state index is -0.295. The van der Waals surface area contributed by atoms with E-state index in [1.807, 2.05) is 12.1 Å². The van der Waals surface area contributed by atoms with Crippen LogP contribution in [0.1, 0.15) is 44.0 Å². The fourth-order valence-corrected chi connectivity index (χ4v) is 2.31. The fraction of sp³-hybridized carbons (Fsp3) is 0.692. The second kappa shape index (κ2) is 6.06. The summed E-state index contributed by atoms with van der Waals surface area (Å²) in [5.41, 5.74) is 0. The van der Waals surface area contributed by atoms with E-state index in [-0.39, 0.29) is 12.7 Å². The molecule has 0 bridgehead atoms. The van der Waals surface area contributed by atoms with E-state index in [2.05, 4.69) is 0 Å². The highest BCUT2D eigenvalue weighted by Crippen LogP contribution is 2.26. The van der Waals surface area contributed by atoms with E-state index < -0.39 is 0 Å². The zero-order valence-corrected chi connectivity index (χ0v) is 9.60. The molecule has 0 spiro atoms. The normalized spacial score (nSPS) is 19.8. The molecule has 0 radical (unpaired) electrons. The summed E-state index contributed by atoms with van der Waals surface area (Å²) >= 11 is 0. The van der Waals surface area contributed by atoms with E-state index in [9.17, 15) is 5.11 Å². The molecule has 1 atom stereocenters. The Morgan fingerprint density at radius 3 is 2.81 bits per heavy atom. The Labute approximate surface area is 96.4 Å². The van der Waals surface area contributed by atoms with E-state index in [1.165, 1.54) is 32.1 Å². The molecular formula is C13H20O3. The van der Waals surface area contributed by atoms with Crippen LogP contribution in [0.3, 0.4) is 0 Å². The smallest absolute Gasteiger partial charge is 0.138 e. The molecule has 0 saturated heterocycles. The predicted molar refractivity (Wildman–Crippen MR) is 61.1 cm³/mol. The number of aliphatic hydroxyl groups is 1. The van der Waals surface area contributed by atoms with Crippen molar-refractivity contribution in [2.75, 3.05) is 13.2 Å². The maximum absolute atomic E-state index is 9.24. The molecule has 1 heterocycles. The number of furan rings is 1. The zero-order chi connectivity index (χ0) is 11.2. The summed E-state index contributed by atoms with van der Waals surface area (Å²) in [5.74, 6) is 1.39. The molecule has 1 aromatic heterocycles. The van der Waals surface area contributed by atoms with Crippen LogP contribution in [0, 0.1) is 5.92 Å². The van der Waals surface area contributed by atoms with Gasteiger partial charge in [-0.3, -0.25) is 0 Å². The summed E-state index contributed by atoms with van der Waals surface area (Å²) in [6, 6.07) is 3.67. The molecule has 2 rings (SSSR count). The molecule has 1 aliphatic carbocycles. The van der Waals surface area contributed by atoms with Gasteiger partial charge in [0.05, 0.1) is 19.5 Å². The summed E-state index contributed by atoms with van der Waals surface area (Å²) in [6.45, 7) is 0.728. The third-order valence-electron chi connectivity index (χ3n) is 3.28. The SMILES string of the molecule is OCC(OCC1CCCCC1)c1ccco1. The number of aliphatic hydroxyl groups excluding tert-OH is 1. The lowest BCUT2D eigenvalue weighted by molar-refractivity contribution is -0.0227. The van der Waals surface area contributed by atoms with Crippen molar-refractivity contribution in [2.24, 2.45) is 5.92 Å². The molecule has 1 N–H and O–H groups in total. The van der Waals surface area contributed by atoms with Crippen LogP contribution >= 0.6 is 0 Å². The number of hydrogen-bond acceptors (Lipinski definition) is 3. The molecule has 1 saturated carbocycles. The number of rotatable bonds is 5. The van der Waals surface area contributed by atoms with Crippen LogP contribution in [0.25, 0.3) is 0 Å². The second-order valence-electron chi connectivity index (χ2n) is 4.52. The molecule has 1 aliphatic rings. The molecule has 0 aromatic carbocycles. The molecule has 1 aromatic rings. The fourth-order valence-electron chi connectivity index (χ4n) is 2.31. The van der Waals surface area contributed by atoms with Gasteiger partial charge in [0.1, 0.15) is 11.9 Å². The highest BCUT2D eigenvalue weighted by atomic mass is 16.5. The Morgan fingerprint density at radius 2 is 2.19 bits per heavy atom. The summed E-state index contributed by atoms with van der Waals surface area (Å²) < 4.78 is 11.0. The molecule has 1 unspecified atom stereocenters. The average Bonchev–Trinajstić information content (AvgIpc) is 2.85. The van der Waals surface area contributed by atoms with Crippen LogP contribution in [0.2, 0.25) is 0 Å². The van der Waals surface area contributed by atoms with Crippen molar-refractivity contribution in [2.45, 2.75) is 38.2 Å². The maximum atomic E-state index is 9.24. The van der Waals surface area contributed by atoms with Crippen molar-refractivity contribution in [3.8, 4) is 0 Å². The van der Waals surface area contributed by atoms with Crippen LogP contribution in [0.15, 0.2) is 22.8 Å². The van der Waals surface area contributed by atoms with Gasteiger partial charge in [-0.2, -0.15) is 0 Å². The van der Waals surface area contributed by atoms with Gasteiger partial charge in [-0.1, -0.05) is 19.3 Å². The average molecular weight is 224 g/mol. The van der Waals surface area contributed by atoms with Gasteiger partial charge < -0.3 is 14.3 Å². The Balaban J connectivity index is 1.78. The van der Waals surface area contributed by atoms with E-state index in [0.717, 1.165) is 12.4 Å². The minimum Gasteiger partial charge on any atom is -0.466 e. The lowest BCUT2D eigenvalue weighted by Gasteiger charge is -2.23. The molecule has 3 nitrogen and oxygen atoms in total. The molecular weight excluding hydrogens is 204 g/mol. The van der Waals surface area contributed by atoms with Gasteiger partial charge in [-0.05, 0) is 30.9 Å². The zero-order valence-electron chi connectivity index (χ0n) is 9.60. The molecule has 0 aliphatic heterocycles. The van der Waals surface area contributed by atoms with Gasteiger partial charge in [-0.25, -0.2) is 0 Å². The first-order chi connectivity index (χ1) is 7.90. The van der Waals surface area contributed by atoms with E-state index in [0.29, 0.717) is 5.92 Å². The third kappa shape index (κ3) is 3.09. The first-order valence-corrected chi connectivity index (χ1v) is 6.16. The second-order valence-corrected chi connectivity index (χ2v) is 4.52. The summed E-state index contributed by atoms with van der Waals surface area (Å²) in [7, 11) is 0. The van der Waals surface area contributed by atoms with Gasteiger partial charge in [0.2, 0.25) is 0 Å². The molecule has 1 fully saturated rings. The molecule has 90 valence electrons. The van der Waals surface area contributed by atoms with Gasteiger partial charge in [0.25, 0.3) is 0 Å². The minimum absolute atomic E-state index is 0.0137. The monoisotopic (exact) mass is 224 g/mol. The van der Waals surface area contributed by atoms with Crippen molar-refractivity contribution in [3.05, 3.63) is 24.2 Å². The van der Waals surface area contributed by atoms with Crippen molar-refractivity contribution in [3.63, 3.8) is 0 Å². The van der Waals surface area contributed by atoms with Gasteiger partial charge >= 0.3 is 0 Å². The number of ether oxygens (including phenoxy) is 1. The van der Waals surface area contributed by atoms with Crippen molar-refractivity contribution < 1.29 is 14.3 Å². The van der Waals surface area contributed by atoms with E-state index in [1.54, 1.807) is 6.26 Å². The largest absolute Gasteiger partial charge is 0.466 e. The Bertz CT molecular complexity index is 275. The molecule has 3 heteroatoms. The van der Waals surface area contributed by atoms with Crippen LogP contribution < -0.4 is 0 Å². The summed E-state index contributed by atoms with van der Waals surface area (Å²) in [4.78, 5) is 0. The summed E-state index contributed by atoms with van der Waals surface area (Å²) in [6.07, 6.45) is 7.83. The lowest BCUT2D eigenvalue weighted by atomic mass is 9.90. The van der Waals surface area contributed by atoms with Crippen molar-refractivity contribution in [1.82, 2.24) is 0 Å². The van der Waals surface area contributed by atoms with Crippen LogP contribution in [0.5, 0.6) is 0 Å². The lowest BCUT2D eigenvalue weighted by Crippen LogP contribution is -2.17. The Morgan fingerprint density at radius 1 is 1.38 bits per heavy atom. The van der Waals surface area contributed by atoms with Crippen molar-refractivity contribution in [1.29, 1.82) is 0 Å². The van der Waals surface area contributed by atoms with Gasteiger partial charge in [0, 0.05) is 0 Å². The van der Waals surface area contributed by atoms with Gasteiger partial charge in [0.15, 0.2) is 0 Å². The third-order valence-corrected chi connectivity index (χ3v) is 3.28. The highest BCUT2D eigenvalue weighted by molar-refractivity contribution is 5.02. The highest BCUT2D eigenvalue weighted by Gasteiger charge is 2.18. The first-order valence-electron chi connectivity index (χ1n) is 6.16. The van der Waals surface area contributed by atoms with Gasteiger partial charge in [-0.15, -0.1) is 0 Å². The predicted octanol–water partition coefficient (Wildman–Crippen LogP) is 2.91. The Kier molecular flexibility index (Phi) is 4.43. The van der Waals surface area contributed by atoms with E-state index in [4.69, 9.17) is 9.15 Å². The van der Waals surface area contributed by atoms with Crippen LogP contribution in [-0.2, 0) is 4.74 Å². The Hall–Kier alpha value is -0.800. The topological polar surface area (TPSA) is 42.6 Å². The first kappa shape index (κ1) is 11.7. The van der Waals surface area contributed by atoms with E-state index >= 15 is 0 Å². The molecule has 16 heavy (non-hydrogen) atoms.